The van der Waals surface area contributed by atoms with Gasteiger partial charge >= 0.3 is 6.03 Å². The zero-order chi connectivity index (χ0) is 35.0. The Bertz CT molecular complexity index is 1870. The molecule has 6 rings (SSSR count). The third kappa shape index (κ3) is 7.75. The van der Waals surface area contributed by atoms with Gasteiger partial charge in [0.1, 0.15) is 23.7 Å². The number of ether oxygens (including phenoxy) is 2. The van der Waals surface area contributed by atoms with Gasteiger partial charge in [-0.1, -0.05) is 72.8 Å². The average molecular weight is 674 g/mol. The van der Waals surface area contributed by atoms with Crippen molar-refractivity contribution in [2.75, 3.05) is 24.4 Å². The van der Waals surface area contributed by atoms with Crippen molar-refractivity contribution >= 4 is 23.4 Å². The molecule has 0 aliphatic carbocycles. The second-order valence-corrected chi connectivity index (χ2v) is 12.1. The fourth-order valence-corrected chi connectivity index (χ4v) is 6.35. The third-order valence-electron chi connectivity index (χ3n) is 8.86. The number of aliphatic hydroxyl groups is 2. The Balaban J connectivity index is 1.44. The highest BCUT2D eigenvalue weighted by atomic mass is 16.5. The van der Waals surface area contributed by atoms with Crippen LogP contribution in [0.15, 0.2) is 122 Å². The first-order chi connectivity index (χ1) is 24.3. The van der Waals surface area contributed by atoms with Crippen molar-refractivity contribution in [3.05, 3.63) is 144 Å². The van der Waals surface area contributed by atoms with Crippen molar-refractivity contribution in [1.82, 2.24) is 14.9 Å². The monoisotopic (exact) mass is 673 g/mol. The minimum Gasteiger partial charge on any atom is -0.497 e. The largest absolute Gasteiger partial charge is 0.497 e. The van der Waals surface area contributed by atoms with E-state index in [1.807, 2.05) is 66.7 Å². The highest BCUT2D eigenvalue weighted by Crippen LogP contribution is 2.36. The summed E-state index contributed by atoms with van der Waals surface area (Å²) in [4.78, 5) is 39.6. The number of rotatable bonds is 11. The number of anilines is 2. The first-order valence-corrected chi connectivity index (χ1v) is 16.3. The molecule has 1 aromatic heterocycles. The highest BCUT2D eigenvalue weighted by molar-refractivity contribution is 6.03. The number of hydrogen-bond acceptors (Lipinski definition) is 8. The summed E-state index contributed by atoms with van der Waals surface area (Å²) >= 11 is 0. The zero-order valence-corrected chi connectivity index (χ0v) is 27.8. The maximum atomic E-state index is 15.2. The molecule has 256 valence electrons. The van der Waals surface area contributed by atoms with Gasteiger partial charge in [0.2, 0.25) is 0 Å². The molecule has 11 heteroatoms. The van der Waals surface area contributed by atoms with Crippen LogP contribution in [-0.2, 0) is 19.4 Å². The number of aromatic nitrogens is 2. The van der Waals surface area contributed by atoms with Crippen LogP contribution in [0.3, 0.4) is 0 Å². The minimum atomic E-state index is -1.35. The topological polar surface area (TPSA) is 137 Å². The molecule has 11 nitrogen and oxygen atoms in total. The smallest absolute Gasteiger partial charge is 0.325 e. The molecule has 0 radical (unpaired) electrons. The van der Waals surface area contributed by atoms with E-state index < -0.39 is 30.3 Å². The SMILES string of the molecule is COc1cc(OC)cc(N2C(=O)N(Cc3cccc(C(=O)Nc4cnccn4)c3)[C@H](Cc3ccccc3)[C@H](O)[C@@H](O)[C@H]2Cc2ccccc2)c1. The van der Waals surface area contributed by atoms with Crippen LogP contribution in [0.25, 0.3) is 0 Å². The van der Waals surface area contributed by atoms with Crippen LogP contribution in [0.1, 0.15) is 27.0 Å². The van der Waals surface area contributed by atoms with Gasteiger partial charge in [0.15, 0.2) is 5.82 Å². The number of methoxy groups -OCH3 is 2. The fraction of sp³-hybridized carbons (Fsp3) is 0.231. The number of benzene rings is 4. The Labute approximate surface area is 290 Å². The van der Waals surface area contributed by atoms with E-state index in [0.29, 0.717) is 34.1 Å². The maximum Gasteiger partial charge on any atom is 0.325 e. The summed E-state index contributed by atoms with van der Waals surface area (Å²) in [6.45, 7) is 0.0298. The lowest BCUT2D eigenvalue weighted by Gasteiger charge is -2.36. The number of nitrogens with zero attached hydrogens (tertiary/aromatic N) is 4. The van der Waals surface area contributed by atoms with Crippen molar-refractivity contribution in [3.8, 4) is 11.5 Å². The molecule has 3 amide bonds. The molecule has 1 fully saturated rings. The molecule has 0 unspecified atom stereocenters. The quantitative estimate of drug-likeness (QED) is 0.176. The van der Waals surface area contributed by atoms with Gasteiger partial charge in [-0.3, -0.25) is 14.7 Å². The summed E-state index contributed by atoms with van der Waals surface area (Å²) in [7, 11) is 3.05. The summed E-state index contributed by atoms with van der Waals surface area (Å²) in [5, 5.41) is 26.9. The van der Waals surface area contributed by atoms with E-state index in [-0.39, 0.29) is 25.3 Å². The van der Waals surface area contributed by atoms with Crippen molar-refractivity contribution < 1.29 is 29.3 Å². The van der Waals surface area contributed by atoms with Gasteiger partial charge in [0, 0.05) is 42.7 Å². The highest BCUT2D eigenvalue weighted by Gasteiger charge is 2.47. The number of carbonyl (C=O) groups is 2. The average Bonchev–Trinajstić information content (AvgIpc) is 3.22. The molecule has 0 saturated carbocycles. The normalized spacial score (nSPS) is 19.1. The number of aliphatic hydroxyl groups excluding tert-OH is 2. The van der Waals surface area contributed by atoms with Crippen LogP contribution in [-0.4, -0.2) is 75.5 Å². The number of hydrogen-bond donors (Lipinski definition) is 3. The fourth-order valence-electron chi connectivity index (χ4n) is 6.35. The van der Waals surface area contributed by atoms with E-state index in [1.165, 1.54) is 37.7 Å². The van der Waals surface area contributed by atoms with Gasteiger partial charge in [0.25, 0.3) is 5.91 Å². The van der Waals surface area contributed by atoms with Crippen LogP contribution in [0, 0.1) is 0 Å². The molecule has 4 atom stereocenters. The van der Waals surface area contributed by atoms with Crippen molar-refractivity contribution in [2.24, 2.45) is 0 Å². The summed E-state index contributed by atoms with van der Waals surface area (Å²) in [5.41, 5.74) is 3.20. The van der Waals surface area contributed by atoms with Gasteiger partial charge < -0.3 is 29.9 Å². The first-order valence-electron chi connectivity index (χ1n) is 16.3. The standard InChI is InChI=1S/C39H39N5O6/c1-49-31-21-30(22-32(23-31)50-2)44-34(20-27-12-7-4-8-13-27)37(46)36(45)33(19-26-10-5-3-6-11-26)43(39(44)48)25-28-14-9-15-29(18-28)38(47)42-35-24-40-16-17-41-35/h3-18,21-24,33-34,36-37,45-46H,19-20,25H2,1-2H3,(H,41,42,47)/t33-,34-,36+,37+/m1/s1. The summed E-state index contributed by atoms with van der Waals surface area (Å²) in [5.74, 6) is 0.830. The van der Waals surface area contributed by atoms with Gasteiger partial charge in [0.05, 0.1) is 38.2 Å². The van der Waals surface area contributed by atoms with E-state index >= 15 is 4.79 Å². The van der Waals surface area contributed by atoms with E-state index in [4.69, 9.17) is 9.47 Å². The summed E-state index contributed by atoms with van der Waals surface area (Å²) < 4.78 is 11.1. The second-order valence-electron chi connectivity index (χ2n) is 12.1. The van der Waals surface area contributed by atoms with Crippen molar-refractivity contribution in [3.63, 3.8) is 0 Å². The minimum absolute atomic E-state index is 0.0298. The Morgan fingerprint density at radius 3 is 1.96 bits per heavy atom. The van der Waals surface area contributed by atoms with Crippen LogP contribution >= 0.6 is 0 Å². The summed E-state index contributed by atoms with van der Waals surface area (Å²) in [6, 6.07) is 29.0. The molecule has 1 saturated heterocycles. The predicted octanol–water partition coefficient (Wildman–Crippen LogP) is 5.13. The number of amides is 3. The first kappa shape index (κ1) is 34.1. The van der Waals surface area contributed by atoms with Gasteiger partial charge in [-0.2, -0.15) is 0 Å². The number of carbonyl (C=O) groups excluding carboxylic acids is 2. The lowest BCUT2D eigenvalue weighted by Crippen LogP contribution is -2.51. The van der Waals surface area contributed by atoms with E-state index in [9.17, 15) is 15.0 Å². The molecule has 1 aliphatic heterocycles. The Hall–Kier alpha value is -5.78. The molecule has 3 N–H and O–H groups in total. The zero-order valence-electron chi connectivity index (χ0n) is 27.8. The summed E-state index contributed by atoms with van der Waals surface area (Å²) in [6.07, 6.45) is 2.29. The molecule has 0 bridgehead atoms. The van der Waals surface area contributed by atoms with Crippen LogP contribution in [0.5, 0.6) is 11.5 Å². The number of urea groups is 1. The second kappa shape index (κ2) is 15.6. The van der Waals surface area contributed by atoms with Gasteiger partial charge in [-0.05, 0) is 41.7 Å². The van der Waals surface area contributed by atoms with Crippen LogP contribution in [0.4, 0.5) is 16.3 Å². The Morgan fingerprint density at radius 1 is 0.760 bits per heavy atom. The Morgan fingerprint density at radius 2 is 1.36 bits per heavy atom. The molecular weight excluding hydrogens is 634 g/mol. The molecule has 50 heavy (non-hydrogen) atoms. The van der Waals surface area contributed by atoms with Gasteiger partial charge in [-0.15, -0.1) is 0 Å². The predicted molar refractivity (Wildman–Crippen MR) is 189 cm³/mol. The Kier molecular flexibility index (Phi) is 10.7. The van der Waals surface area contributed by atoms with Crippen molar-refractivity contribution in [1.29, 1.82) is 0 Å². The van der Waals surface area contributed by atoms with Crippen LogP contribution in [0.2, 0.25) is 0 Å². The molecule has 4 aromatic carbocycles. The molecule has 5 aromatic rings. The molecule has 2 heterocycles. The molecule has 1 aliphatic rings. The maximum absolute atomic E-state index is 15.2. The van der Waals surface area contributed by atoms with Crippen LogP contribution < -0.4 is 19.7 Å². The molecule has 0 spiro atoms. The third-order valence-corrected chi connectivity index (χ3v) is 8.86. The lowest BCUT2D eigenvalue weighted by atomic mass is 9.90. The lowest BCUT2D eigenvalue weighted by molar-refractivity contribution is -0.0291. The van der Waals surface area contributed by atoms with E-state index in [0.717, 1.165) is 11.1 Å². The van der Waals surface area contributed by atoms with Crippen molar-refractivity contribution in [2.45, 2.75) is 43.7 Å². The van der Waals surface area contributed by atoms with E-state index in [1.54, 1.807) is 41.3 Å². The van der Waals surface area contributed by atoms with E-state index in [2.05, 4.69) is 15.3 Å². The molecular formula is C39H39N5O6. The van der Waals surface area contributed by atoms with Gasteiger partial charge in [-0.25, -0.2) is 9.78 Å². The number of nitrogens with one attached hydrogen (secondary N) is 1.